The van der Waals surface area contributed by atoms with Gasteiger partial charge in [0.1, 0.15) is 6.04 Å². The van der Waals surface area contributed by atoms with Crippen molar-refractivity contribution in [2.24, 2.45) is 5.73 Å². The van der Waals surface area contributed by atoms with E-state index in [2.05, 4.69) is 5.32 Å². The van der Waals surface area contributed by atoms with Crippen LogP contribution in [0.1, 0.15) is 31.4 Å². The molecule has 1 aromatic rings. The Labute approximate surface area is 119 Å². The second-order valence-electron chi connectivity index (χ2n) is 5.24. The number of nitrogens with two attached hydrogens (primary N) is 1. The molecule has 1 heterocycles. The molecule has 5 heteroatoms. The van der Waals surface area contributed by atoms with Crippen LogP contribution in [0.5, 0.6) is 0 Å². The van der Waals surface area contributed by atoms with Crippen LogP contribution in [0.25, 0.3) is 0 Å². The number of hydrogen-bond donors (Lipinski definition) is 2. The molecular formula is C15H21N3O2. The molecule has 20 heavy (non-hydrogen) atoms. The van der Waals surface area contributed by atoms with Gasteiger partial charge in [-0.3, -0.25) is 9.59 Å². The Morgan fingerprint density at radius 1 is 1.40 bits per heavy atom. The molecule has 1 aromatic carbocycles. The predicted molar refractivity (Wildman–Crippen MR) is 76.8 cm³/mol. The molecule has 1 unspecified atom stereocenters. The zero-order valence-electron chi connectivity index (χ0n) is 11.7. The van der Waals surface area contributed by atoms with Crippen molar-refractivity contribution in [1.82, 2.24) is 10.2 Å². The summed E-state index contributed by atoms with van der Waals surface area (Å²) in [5, 5.41) is 2.87. The molecule has 1 aliphatic heterocycles. The normalized spacial score (nSPS) is 17.9. The minimum absolute atomic E-state index is 0.0979. The van der Waals surface area contributed by atoms with Crippen molar-refractivity contribution in [3.05, 3.63) is 35.9 Å². The van der Waals surface area contributed by atoms with E-state index in [-0.39, 0.29) is 17.9 Å². The Bertz CT molecular complexity index is 475. The van der Waals surface area contributed by atoms with E-state index in [1.807, 2.05) is 37.3 Å². The van der Waals surface area contributed by atoms with Crippen LogP contribution in [0.2, 0.25) is 0 Å². The first-order chi connectivity index (χ1) is 9.58. The van der Waals surface area contributed by atoms with Gasteiger partial charge < -0.3 is 16.0 Å². The van der Waals surface area contributed by atoms with Crippen molar-refractivity contribution in [1.29, 1.82) is 0 Å². The third kappa shape index (κ3) is 3.57. The van der Waals surface area contributed by atoms with Crippen molar-refractivity contribution in [2.75, 3.05) is 13.1 Å². The van der Waals surface area contributed by atoms with Gasteiger partial charge in [0.25, 0.3) is 0 Å². The summed E-state index contributed by atoms with van der Waals surface area (Å²) < 4.78 is 0. The number of rotatable bonds is 5. The second kappa shape index (κ2) is 6.52. The Morgan fingerprint density at radius 3 is 2.70 bits per heavy atom. The molecule has 0 aromatic heterocycles. The molecule has 0 spiro atoms. The summed E-state index contributed by atoms with van der Waals surface area (Å²) in [6.07, 6.45) is 1.52. The van der Waals surface area contributed by atoms with Crippen LogP contribution < -0.4 is 11.1 Å². The maximum absolute atomic E-state index is 12.1. The van der Waals surface area contributed by atoms with E-state index in [4.69, 9.17) is 5.73 Å². The van der Waals surface area contributed by atoms with E-state index in [9.17, 15) is 9.59 Å². The van der Waals surface area contributed by atoms with Gasteiger partial charge in [0.2, 0.25) is 11.8 Å². The summed E-state index contributed by atoms with van der Waals surface area (Å²) in [4.78, 5) is 25.4. The van der Waals surface area contributed by atoms with Crippen molar-refractivity contribution in [3.8, 4) is 0 Å². The van der Waals surface area contributed by atoms with Crippen LogP contribution >= 0.6 is 0 Å². The Morgan fingerprint density at radius 2 is 2.10 bits per heavy atom. The van der Waals surface area contributed by atoms with Crippen LogP contribution in [-0.4, -0.2) is 35.8 Å². The van der Waals surface area contributed by atoms with Gasteiger partial charge in [-0.1, -0.05) is 30.3 Å². The maximum Gasteiger partial charge on any atom is 0.241 e. The molecule has 108 valence electrons. The largest absolute Gasteiger partial charge is 0.350 e. The van der Waals surface area contributed by atoms with E-state index in [1.165, 1.54) is 0 Å². The Hall–Kier alpha value is -1.88. The summed E-state index contributed by atoms with van der Waals surface area (Å²) in [6.45, 7) is 3.22. The SMILES string of the molecule is CC(CN1CCCC1=O)NC(=O)[C@@H](N)c1ccccc1. The highest BCUT2D eigenvalue weighted by Gasteiger charge is 2.23. The average molecular weight is 275 g/mol. The molecule has 0 aliphatic carbocycles. The molecule has 1 aliphatic rings. The van der Waals surface area contributed by atoms with E-state index in [0.717, 1.165) is 18.5 Å². The molecule has 0 saturated carbocycles. The van der Waals surface area contributed by atoms with E-state index < -0.39 is 6.04 Å². The van der Waals surface area contributed by atoms with Gasteiger partial charge in [-0.2, -0.15) is 0 Å². The van der Waals surface area contributed by atoms with Crippen LogP contribution in [0.15, 0.2) is 30.3 Å². The smallest absolute Gasteiger partial charge is 0.241 e. The van der Waals surface area contributed by atoms with Crippen LogP contribution in [0.3, 0.4) is 0 Å². The minimum atomic E-state index is -0.673. The summed E-state index contributed by atoms with van der Waals surface area (Å²) in [6, 6.07) is 8.49. The molecule has 2 atom stereocenters. The first-order valence-electron chi connectivity index (χ1n) is 6.96. The Kier molecular flexibility index (Phi) is 4.74. The molecular weight excluding hydrogens is 254 g/mol. The van der Waals surface area contributed by atoms with Crippen molar-refractivity contribution >= 4 is 11.8 Å². The number of carbonyl (C=O) groups is 2. The minimum Gasteiger partial charge on any atom is -0.350 e. The number of nitrogens with one attached hydrogen (secondary N) is 1. The van der Waals surface area contributed by atoms with Gasteiger partial charge in [0.15, 0.2) is 0 Å². The number of likely N-dealkylation sites (tertiary alicyclic amines) is 1. The van der Waals surface area contributed by atoms with E-state index in [0.29, 0.717) is 13.0 Å². The molecule has 5 nitrogen and oxygen atoms in total. The zero-order valence-corrected chi connectivity index (χ0v) is 11.7. The van der Waals surface area contributed by atoms with E-state index in [1.54, 1.807) is 4.90 Å². The van der Waals surface area contributed by atoms with Gasteiger partial charge in [0.05, 0.1) is 0 Å². The van der Waals surface area contributed by atoms with Crippen molar-refractivity contribution < 1.29 is 9.59 Å². The molecule has 2 rings (SSSR count). The highest BCUT2D eigenvalue weighted by molar-refractivity contribution is 5.83. The summed E-state index contributed by atoms with van der Waals surface area (Å²) in [5.41, 5.74) is 6.72. The number of carbonyl (C=O) groups excluding carboxylic acids is 2. The standard InChI is InChI=1S/C15H21N3O2/c1-11(10-18-9-5-8-13(18)19)17-15(20)14(16)12-6-3-2-4-7-12/h2-4,6-7,11,14H,5,8-10,16H2,1H3,(H,17,20)/t11?,14-/m0/s1. The van der Waals surface area contributed by atoms with Crippen molar-refractivity contribution in [2.45, 2.75) is 31.8 Å². The lowest BCUT2D eigenvalue weighted by atomic mass is 10.1. The fraction of sp³-hybridized carbons (Fsp3) is 0.467. The first kappa shape index (κ1) is 14.5. The third-order valence-corrected chi connectivity index (χ3v) is 3.50. The highest BCUT2D eigenvalue weighted by Crippen LogP contribution is 2.12. The van der Waals surface area contributed by atoms with Crippen LogP contribution in [0, 0.1) is 0 Å². The number of benzene rings is 1. The highest BCUT2D eigenvalue weighted by atomic mass is 16.2. The molecule has 0 radical (unpaired) electrons. The zero-order chi connectivity index (χ0) is 14.5. The maximum atomic E-state index is 12.1. The third-order valence-electron chi connectivity index (χ3n) is 3.50. The van der Waals surface area contributed by atoms with Crippen LogP contribution in [0.4, 0.5) is 0 Å². The molecule has 1 saturated heterocycles. The summed E-state index contributed by atoms with van der Waals surface area (Å²) >= 11 is 0. The fourth-order valence-electron chi connectivity index (χ4n) is 2.42. The van der Waals surface area contributed by atoms with Crippen molar-refractivity contribution in [3.63, 3.8) is 0 Å². The van der Waals surface area contributed by atoms with Gasteiger partial charge in [-0.05, 0) is 18.9 Å². The molecule has 0 bridgehead atoms. The quantitative estimate of drug-likeness (QED) is 0.835. The predicted octanol–water partition coefficient (Wildman–Crippen LogP) is 0.814. The molecule has 3 N–H and O–H groups in total. The number of nitrogens with zero attached hydrogens (tertiary/aromatic N) is 1. The van der Waals surface area contributed by atoms with Gasteiger partial charge in [-0.15, -0.1) is 0 Å². The summed E-state index contributed by atoms with van der Waals surface area (Å²) in [7, 11) is 0. The van der Waals surface area contributed by atoms with E-state index >= 15 is 0 Å². The van der Waals surface area contributed by atoms with Crippen LogP contribution in [-0.2, 0) is 9.59 Å². The van der Waals surface area contributed by atoms with Gasteiger partial charge in [0, 0.05) is 25.6 Å². The Balaban J connectivity index is 1.86. The summed E-state index contributed by atoms with van der Waals surface area (Å²) in [5.74, 6) is -0.0474. The topological polar surface area (TPSA) is 75.4 Å². The monoisotopic (exact) mass is 275 g/mol. The second-order valence-corrected chi connectivity index (χ2v) is 5.24. The fourth-order valence-corrected chi connectivity index (χ4v) is 2.42. The molecule has 1 fully saturated rings. The van der Waals surface area contributed by atoms with Gasteiger partial charge in [-0.25, -0.2) is 0 Å². The number of amides is 2. The average Bonchev–Trinajstić information content (AvgIpc) is 2.84. The lowest BCUT2D eigenvalue weighted by Gasteiger charge is -2.23. The lowest BCUT2D eigenvalue weighted by molar-refractivity contribution is -0.129. The number of hydrogen-bond acceptors (Lipinski definition) is 3. The molecule has 2 amide bonds. The van der Waals surface area contributed by atoms with Gasteiger partial charge >= 0.3 is 0 Å². The lowest BCUT2D eigenvalue weighted by Crippen LogP contribution is -2.45. The first-order valence-corrected chi connectivity index (χ1v) is 6.96.